The van der Waals surface area contributed by atoms with Crippen molar-refractivity contribution in [2.75, 3.05) is 37.4 Å². The van der Waals surface area contributed by atoms with Crippen LogP contribution >= 0.6 is 0 Å². The maximum Gasteiger partial charge on any atom is 0.130 e. The topological polar surface area (TPSA) is 71.6 Å². The number of rotatable bonds is 3. The van der Waals surface area contributed by atoms with E-state index in [9.17, 15) is 5.11 Å². The van der Waals surface area contributed by atoms with Gasteiger partial charge in [-0.3, -0.25) is 0 Å². The van der Waals surface area contributed by atoms with Crippen molar-refractivity contribution >= 4 is 11.6 Å². The molecule has 1 aliphatic heterocycles. The summed E-state index contributed by atoms with van der Waals surface area (Å²) in [6.07, 6.45) is 1.33. The molecule has 1 aromatic rings. The van der Waals surface area contributed by atoms with Gasteiger partial charge in [0, 0.05) is 39.6 Å². The maximum absolute atomic E-state index is 10.4. The van der Waals surface area contributed by atoms with E-state index >= 15 is 0 Å². The van der Waals surface area contributed by atoms with Crippen LogP contribution in [0.15, 0.2) is 18.2 Å². The summed E-state index contributed by atoms with van der Waals surface area (Å²) in [5.41, 5.74) is 4.96. The molecule has 2 heterocycles. The van der Waals surface area contributed by atoms with Crippen LogP contribution < -0.4 is 10.6 Å². The Labute approximate surface area is 101 Å². The minimum absolute atomic E-state index is 0.494. The zero-order chi connectivity index (χ0) is 12.3. The van der Waals surface area contributed by atoms with Gasteiger partial charge in [-0.15, -0.1) is 0 Å². The van der Waals surface area contributed by atoms with Crippen molar-refractivity contribution in [3.8, 4) is 0 Å². The number of aromatic nitrogens is 1. The summed E-state index contributed by atoms with van der Waals surface area (Å²) in [7, 11) is 1.91. The van der Waals surface area contributed by atoms with Crippen LogP contribution in [0.3, 0.4) is 0 Å². The summed E-state index contributed by atoms with van der Waals surface area (Å²) < 4.78 is 5.26. The smallest absolute Gasteiger partial charge is 0.130 e. The number of hydrogen-bond donors (Lipinski definition) is 2. The monoisotopic (exact) mass is 237 g/mol. The van der Waals surface area contributed by atoms with Crippen LogP contribution in [-0.4, -0.2) is 42.5 Å². The summed E-state index contributed by atoms with van der Waals surface area (Å²) in [5, 5.41) is 10.4. The van der Waals surface area contributed by atoms with Crippen LogP contribution in [0.25, 0.3) is 0 Å². The first-order valence-corrected chi connectivity index (χ1v) is 5.83. The second kappa shape index (κ2) is 4.89. The number of likely N-dealkylation sites (N-methyl/N-ethyl adjacent to an activating group) is 1. The molecule has 17 heavy (non-hydrogen) atoms. The molecular weight excluding hydrogens is 218 g/mol. The zero-order valence-electron chi connectivity index (χ0n) is 10.1. The van der Waals surface area contributed by atoms with Gasteiger partial charge in [-0.2, -0.15) is 0 Å². The second-order valence-electron chi connectivity index (χ2n) is 4.61. The molecule has 0 aromatic carbocycles. The molecule has 94 valence electrons. The van der Waals surface area contributed by atoms with Gasteiger partial charge in [0.25, 0.3) is 0 Å². The summed E-state index contributed by atoms with van der Waals surface area (Å²) in [6.45, 7) is 1.79. The Balaban J connectivity index is 2.03. The number of nitrogens with two attached hydrogens (primary N) is 1. The van der Waals surface area contributed by atoms with Crippen molar-refractivity contribution in [3.05, 3.63) is 18.2 Å². The fourth-order valence-electron chi connectivity index (χ4n) is 2.08. The Hall–Kier alpha value is -1.33. The first kappa shape index (κ1) is 12.1. The molecule has 1 aromatic heterocycles. The fraction of sp³-hybridized carbons (Fsp3) is 0.583. The Kier molecular flexibility index (Phi) is 3.49. The van der Waals surface area contributed by atoms with Crippen LogP contribution in [0.1, 0.15) is 12.8 Å². The quantitative estimate of drug-likeness (QED) is 0.807. The second-order valence-corrected chi connectivity index (χ2v) is 4.61. The predicted molar refractivity (Wildman–Crippen MR) is 66.9 cm³/mol. The SMILES string of the molecule is CN(CC1(O)CCOCC1)c1cccc(N)n1. The molecule has 0 atom stereocenters. The average molecular weight is 237 g/mol. The van der Waals surface area contributed by atoms with Gasteiger partial charge in [0.2, 0.25) is 0 Å². The van der Waals surface area contributed by atoms with E-state index in [-0.39, 0.29) is 0 Å². The molecule has 1 saturated heterocycles. The lowest BCUT2D eigenvalue weighted by Crippen LogP contribution is -2.46. The third-order valence-corrected chi connectivity index (χ3v) is 3.10. The lowest BCUT2D eigenvalue weighted by molar-refractivity contribution is -0.0573. The Morgan fingerprint density at radius 3 is 2.82 bits per heavy atom. The van der Waals surface area contributed by atoms with E-state index in [1.165, 1.54) is 0 Å². The van der Waals surface area contributed by atoms with Gasteiger partial charge in [0.05, 0.1) is 5.60 Å². The number of nitrogen functional groups attached to an aromatic ring is 1. The van der Waals surface area contributed by atoms with E-state index in [0.29, 0.717) is 38.4 Å². The number of anilines is 2. The molecule has 0 spiro atoms. The van der Waals surface area contributed by atoms with Crippen molar-refractivity contribution in [3.63, 3.8) is 0 Å². The van der Waals surface area contributed by atoms with Crippen molar-refractivity contribution in [2.45, 2.75) is 18.4 Å². The number of hydrogen-bond acceptors (Lipinski definition) is 5. The molecule has 3 N–H and O–H groups in total. The van der Waals surface area contributed by atoms with E-state index in [1.807, 2.05) is 24.1 Å². The highest BCUT2D eigenvalue weighted by Gasteiger charge is 2.31. The molecule has 0 radical (unpaired) electrons. The summed E-state index contributed by atoms with van der Waals surface area (Å²) in [5.74, 6) is 1.28. The fourth-order valence-corrected chi connectivity index (χ4v) is 2.08. The molecule has 0 aliphatic carbocycles. The normalized spacial score (nSPS) is 18.9. The highest BCUT2D eigenvalue weighted by molar-refractivity contribution is 5.44. The van der Waals surface area contributed by atoms with E-state index in [1.54, 1.807) is 6.07 Å². The average Bonchev–Trinajstić information content (AvgIpc) is 2.29. The number of ether oxygens (including phenoxy) is 1. The highest BCUT2D eigenvalue weighted by atomic mass is 16.5. The number of pyridine rings is 1. The summed E-state index contributed by atoms with van der Waals surface area (Å²) >= 11 is 0. The lowest BCUT2D eigenvalue weighted by Gasteiger charge is -2.35. The van der Waals surface area contributed by atoms with Crippen molar-refractivity contribution in [2.24, 2.45) is 0 Å². The van der Waals surface area contributed by atoms with Crippen molar-refractivity contribution in [1.29, 1.82) is 0 Å². The van der Waals surface area contributed by atoms with E-state index in [2.05, 4.69) is 4.98 Å². The largest absolute Gasteiger partial charge is 0.388 e. The van der Waals surface area contributed by atoms with E-state index in [0.717, 1.165) is 5.82 Å². The van der Waals surface area contributed by atoms with Gasteiger partial charge in [-0.1, -0.05) is 6.07 Å². The summed E-state index contributed by atoms with van der Waals surface area (Å²) in [4.78, 5) is 6.16. The predicted octanol–water partition coefficient (Wildman–Crippen LogP) is 0.641. The molecule has 0 amide bonds. The molecule has 2 rings (SSSR count). The Bertz CT molecular complexity index is 378. The molecule has 5 nitrogen and oxygen atoms in total. The van der Waals surface area contributed by atoms with Gasteiger partial charge in [0.15, 0.2) is 0 Å². The summed E-state index contributed by atoms with van der Waals surface area (Å²) in [6, 6.07) is 5.50. The van der Waals surface area contributed by atoms with Crippen LogP contribution in [-0.2, 0) is 4.74 Å². The molecule has 0 unspecified atom stereocenters. The van der Waals surface area contributed by atoms with Gasteiger partial charge >= 0.3 is 0 Å². The third kappa shape index (κ3) is 3.08. The van der Waals surface area contributed by atoms with Crippen molar-refractivity contribution in [1.82, 2.24) is 4.98 Å². The maximum atomic E-state index is 10.4. The number of aliphatic hydroxyl groups is 1. The first-order chi connectivity index (χ1) is 8.09. The zero-order valence-corrected chi connectivity index (χ0v) is 10.1. The van der Waals surface area contributed by atoms with Crippen LogP contribution in [0.5, 0.6) is 0 Å². The molecule has 1 fully saturated rings. The highest BCUT2D eigenvalue weighted by Crippen LogP contribution is 2.23. The van der Waals surface area contributed by atoms with E-state index < -0.39 is 5.60 Å². The first-order valence-electron chi connectivity index (χ1n) is 5.83. The molecule has 5 heteroatoms. The van der Waals surface area contributed by atoms with Crippen LogP contribution in [0.2, 0.25) is 0 Å². The lowest BCUT2D eigenvalue weighted by atomic mass is 9.94. The van der Waals surface area contributed by atoms with Gasteiger partial charge in [-0.05, 0) is 12.1 Å². The minimum Gasteiger partial charge on any atom is -0.388 e. The number of nitrogens with zero attached hydrogens (tertiary/aromatic N) is 2. The van der Waals surface area contributed by atoms with Gasteiger partial charge in [-0.25, -0.2) is 4.98 Å². The Morgan fingerprint density at radius 2 is 2.18 bits per heavy atom. The minimum atomic E-state index is -0.681. The van der Waals surface area contributed by atoms with Crippen LogP contribution in [0, 0.1) is 0 Å². The van der Waals surface area contributed by atoms with Gasteiger partial charge < -0.3 is 20.5 Å². The van der Waals surface area contributed by atoms with Crippen molar-refractivity contribution < 1.29 is 9.84 Å². The molecule has 1 aliphatic rings. The Morgan fingerprint density at radius 1 is 1.47 bits per heavy atom. The van der Waals surface area contributed by atoms with Gasteiger partial charge in [0.1, 0.15) is 11.6 Å². The molecule has 0 bridgehead atoms. The standard InChI is InChI=1S/C12H19N3O2/c1-15(11-4-2-3-10(13)14-11)9-12(16)5-7-17-8-6-12/h2-4,16H,5-9H2,1H3,(H2,13,14). The third-order valence-electron chi connectivity index (χ3n) is 3.10. The van der Waals surface area contributed by atoms with E-state index in [4.69, 9.17) is 10.5 Å². The molecular formula is C12H19N3O2. The van der Waals surface area contributed by atoms with Crippen LogP contribution in [0.4, 0.5) is 11.6 Å². The molecule has 0 saturated carbocycles.